The van der Waals surface area contributed by atoms with Crippen molar-refractivity contribution in [1.82, 2.24) is 4.98 Å². The third-order valence-corrected chi connectivity index (χ3v) is 1.69. The molecule has 13 heavy (non-hydrogen) atoms. The van der Waals surface area contributed by atoms with Crippen molar-refractivity contribution < 1.29 is 4.79 Å². The zero-order valence-corrected chi connectivity index (χ0v) is 8.14. The lowest BCUT2D eigenvalue weighted by Crippen LogP contribution is -2.12. The van der Waals surface area contributed by atoms with Crippen LogP contribution in [-0.4, -0.2) is 16.8 Å². The van der Waals surface area contributed by atoms with Gasteiger partial charge in [-0.15, -0.1) is 11.6 Å². The smallest absolute Gasteiger partial charge is 0.226 e. The van der Waals surface area contributed by atoms with E-state index in [1.807, 2.05) is 13.0 Å². The maximum absolute atomic E-state index is 11.1. The molecule has 0 saturated carbocycles. The van der Waals surface area contributed by atoms with E-state index in [-0.39, 0.29) is 5.91 Å². The number of anilines is 1. The van der Waals surface area contributed by atoms with E-state index in [2.05, 4.69) is 10.3 Å². The van der Waals surface area contributed by atoms with Crippen LogP contribution in [0.1, 0.15) is 12.0 Å². The maximum atomic E-state index is 11.1. The number of aryl methyl sites for hydroxylation is 1. The predicted molar refractivity (Wildman–Crippen MR) is 52.9 cm³/mol. The molecule has 1 aromatic rings. The first-order chi connectivity index (χ1) is 6.22. The van der Waals surface area contributed by atoms with Gasteiger partial charge in [-0.3, -0.25) is 4.79 Å². The van der Waals surface area contributed by atoms with Crippen molar-refractivity contribution in [2.45, 2.75) is 13.3 Å². The number of nitrogens with one attached hydrogen (secondary N) is 1. The summed E-state index contributed by atoms with van der Waals surface area (Å²) in [5.41, 5.74) is 1.07. The molecule has 1 heterocycles. The first-order valence-corrected chi connectivity index (χ1v) is 4.54. The van der Waals surface area contributed by atoms with Gasteiger partial charge in [0.25, 0.3) is 0 Å². The van der Waals surface area contributed by atoms with Crippen LogP contribution < -0.4 is 5.32 Å². The second-order valence-corrected chi connectivity index (χ2v) is 3.09. The number of pyridine rings is 1. The number of hydrogen-bond acceptors (Lipinski definition) is 2. The van der Waals surface area contributed by atoms with Gasteiger partial charge in [-0.25, -0.2) is 4.98 Å². The molecule has 1 N–H and O–H groups in total. The average molecular weight is 199 g/mol. The summed E-state index contributed by atoms with van der Waals surface area (Å²) < 4.78 is 0. The minimum absolute atomic E-state index is 0.105. The predicted octanol–water partition coefficient (Wildman–Crippen LogP) is 1.96. The molecular weight excluding hydrogens is 188 g/mol. The van der Waals surface area contributed by atoms with Crippen molar-refractivity contribution in [2.24, 2.45) is 0 Å². The first kappa shape index (κ1) is 9.99. The summed E-state index contributed by atoms with van der Waals surface area (Å²) in [6, 6.07) is 3.66. The minimum atomic E-state index is -0.105. The molecule has 0 aromatic carbocycles. The molecule has 0 bridgehead atoms. The molecule has 1 amide bonds. The van der Waals surface area contributed by atoms with Gasteiger partial charge in [0.15, 0.2) is 0 Å². The molecule has 70 valence electrons. The van der Waals surface area contributed by atoms with Crippen LogP contribution in [-0.2, 0) is 4.79 Å². The number of halogens is 1. The van der Waals surface area contributed by atoms with Gasteiger partial charge in [-0.1, -0.05) is 6.07 Å². The Balaban J connectivity index is 2.54. The van der Waals surface area contributed by atoms with Gasteiger partial charge in [-0.05, 0) is 18.6 Å². The lowest BCUT2D eigenvalue weighted by Gasteiger charge is -2.02. The second-order valence-electron chi connectivity index (χ2n) is 2.71. The number of hydrogen-bond donors (Lipinski definition) is 1. The van der Waals surface area contributed by atoms with E-state index in [1.54, 1.807) is 12.3 Å². The third kappa shape index (κ3) is 3.42. The molecule has 0 aliphatic heterocycles. The van der Waals surface area contributed by atoms with Gasteiger partial charge < -0.3 is 5.32 Å². The van der Waals surface area contributed by atoms with Gasteiger partial charge >= 0.3 is 0 Å². The van der Waals surface area contributed by atoms with Gasteiger partial charge in [-0.2, -0.15) is 0 Å². The number of alkyl halides is 1. The number of amides is 1. The highest BCUT2D eigenvalue weighted by Gasteiger charge is 2.00. The highest BCUT2D eigenvalue weighted by molar-refractivity contribution is 6.19. The second kappa shape index (κ2) is 4.82. The molecule has 0 aliphatic rings. The normalized spacial score (nSPS) is 9.69. The van der Waals surface area contributed by atoms with Gasteiger partial charge in [0, 0.05) is 18.5 Å². The Labute approximate surface area is 82.1 Å². The van der Waals surface area contributed by atoms with Crippen molar-refractivity contribution in [1.29, 1.82) is 0 Å². The zero-order chi connectivity index (χ0) is 9.68. The summed E-state index contributed by atoms with van der Waals surface area (Å²) in [5, 5.41) is 2.64. The quantitative estimate of drug-likeness (QED) is 0.755. The topological polar surface area (TPSA) is 42.0 Å². The van der Waals surface area contributed by atoms with E-state index in [9.17, 15) is 4.79 Å². The largest absolute Gasteiger partial charge is 0.311 e. The number of nitrogens with zero attached hydrogens (tertiary/aromatic N) is 1. The fourth-order valence-corrected chi connectivity index (χ4v) is 1.00. The lowest BCUT2D eigenvalue weighted by molar-refractivity contribution is -0.115. The Bertz CT molecular complexity index is 284. The summed E-state index contributed by atoms with van der Waals surface area (Å²) in [4.78, 5) is 15.1. The van der Waals surface area contributed by atoms with Crippen LogP contribution in [0.25, 0.3) is 0 Å². The summed E-state index contributed by atoms with van der Waals surface area (Å²) in [5.74, 6) is 0.796. The number of carbonyl (C=O) groups is 1. The summed E-state index contributed by atoms with van der Waals surface area (Å²) in [7, 11) is 0. The molecule has 1 aromatic heterocycles. The minimum Gasteiger partial charge on any atom is -0.311 e. The van der Waals surface area contributed by atoms with Crippen LogP contribution in [0.5, 0.6) is 0 Å². The molecular formula is C9H11ClN2O. The van der Waals surface area contributed by atoms with Gasteiger partial charge in [0.2, 0.25) is 5.91 Å². The van der Waals surface area contributed by atoms with Crippen molar-refractivity contribution in [3.63, 3.8) is 0 Å². The van der Waals surface area contributed by atoms with Gasteiger partial charge in [0.1, 0.15) is 5.82 Å². The van der Waals surface area contributed by atoms with E-state index in [0.29, 0.717) is 18.1 Å². The summed E-state index contributed by atoms with van der Waals surface area (Å²) in [6.07, 6.45) is 2.02. The van der Waals surface area contributed by atoms with E-state index in [1.165, 1.54) is 0 Å². The molecule has 4 heteroatoms. The van der Waals surface area contributed by atoms with Crippen LogP contribution in [0.2, 0.25) is 0 Å². The lowest BCUT2D eigenvalue weighted by atomic mass is 10.3. The van der Waals surface area contributed by atoms with E-state index < -0.39 is 0 Å². The van der Waals surface area contributed by atoms with Crippen molar-refractivity contribution in [2.75, 3.05) is 11.2 Å². The molecule has 0 unspecified atom stereocenters. The average Bonchev–Trinajstić information content (AvgIpc) is 2.09. The Kier molecular flexibility index (Phi) is 3.71. The third-order valence-electron chi connectivity index (χ3n) is 1.50. The van der Waals surface area contributed by atoms with Crippen LogP contribution in [0.4, 0.5) is 5.82 Å². The van der Waals surface area contributed by atoms with Crippen molar-refractivity contribution in [3.8, 4) is 0 Å². The van der Waals surface area contributed by atoms with Crippen molar-refractivity contribution in [3.05, 3.63) is 23.9 Å². The fraction of sp³-hybridized carbons (Fsp3) is 0.333. The highest BCUT2D eigenvalue weighted by Crippen LogP contribution is 2.04. The van der Waals surface area contributed by atoms with Crippen LogP contribution in [0.15, 0.2) is 18.3 Å². The maximum Gasteiger partial charge on any atom is 0.226 e. The number of carbonyl (C=O) groups excluding carboxylic acids is 1. The van der Waals surface area contributed by atoms with E-state index >= 15 is 0 Å². The first-order valence-electron chi connectivity index (χ1n) is 4.01. The standard InChI is InChI=1S/C9H11ClN2O/c1-7-2-3-8(11-6-7)12-9(13)4-5-10/h2-3,6H,4-5H2,1H3,(H,11,12,13). The van der Waals surface area contributed by atoms with Crippen molar-refractivity contribution >= 4 is 23.3 Å². The molecule has 0 fully saturated rings. The van der Waals surface area contributed by atoms with Crippen LogP contribution >= 0.6 is 11.6 Å². The molecule has 0 atom stereocenters. The number of rotatable bonds is 3. The Morgan fingerprint density at radius 3 is 2.92 bits per heavy atom. The Hall–Kier alpha value is -1.09. The Morgan fingerprint density at radius 2 is 2.38 bits per heavy atom. The molecule has 1 rings (SSSR count). The fourth-order valence-electron chi connectivity index (χ4n) is 0.833. The zero-order valence-electron chi connectivity index (χ0n) is 7.38. The SMILES string of the molecule is Cc1ccc(NC(=O)CCCl)nc1. The van der Waals surface area contributed by atoms with E-state index in [0.717, 1.165) is 5.56 Å². The van der Waals surface area contributed by atoms with Gasteiger partial charge in [0.05, 0.1) is 0 Å². The monoisotopic (exact) mass is 198 g/mol. The summed E-state index contributed by atoms with van der Waals surface area (Å²) >= 11 is 5.41. The Morgan fingerprint density at radius 1 is 1.62 bits per heavy atom. The summed E-state index contributed by atoms with van der Waals surface area (Å²) in [6.45, 7) is 1.94. The van der Waals surface area contributed by atoms with Crippen LogP contribution in [0, 0.1) is 6.92 Å². The van der Waals surface area contributed by atoms with Crippen LogP contribution in [0.3, 0.4) is 0 Å². The van der Waals surface area contributed by atoms with E-state index in [4.69, 9.17) is 11.6 Å². The molecule has 0 saturated heterocycles. The highest BCUT2D eigenvalue weighted by atomic mass is 35.5. The molecule has 0 aliphatic carbocycles. The molecule has 3 nitrogen and oxygen atoms in total. The molecule has 0 spiro atoms. The number of aromatic nitrogens is 1. The molecule has 0 radical (unpaired) electrons.